The number of carbonyl (C=O) groups is 1. The van der Waals surface area contributed by atoms with Gasteiger partial charge in [-0.1, -0.05) is 0 Å². The van der Waals surface area contributed by atoms with E-state index in [-0.39, 0.29) is 6.29 Å². The van der Waals surface area contributed by atoms with Crippen LogP contribution in [0.15, 0.2) is 0 Å². The number of hydrogen-bond acceptors (Lipinski definition) is 3. The van der Waals surface area contributed by atoms with Crippen molar-refractivity contribution < 1.29 is 14.3 Å². The summed E-state index contributed by atoms with van der Waals surface area (Å²) in [7, 11) is 0. The van der Waals surface area contributed by atoms with Crippen LogP contribution in [0.5, 0.6) is 0 Å². The van der Waals surface area contributed by atoms with Gasteiger partial charge in [0.1, 0.15) is 0 Å². The van der Waals surface area contributed by atoms with Crippen LogP contribution in [0.3, 0.4) is 0 Å². The summed E-state index contributed by atoms with van der Waals surface area (Å²) >= 11 is 0. The first-order valence-electron chi connectivity index (χ1n) is 3.39. The predicted molar refractivity (Wildman–Crippen MR) is 34.5 cm³/mol. The maximum atomic E-state index is 10.6. The van der Waals surface area contributed by atoms with Gasteiger partial charge in [0.15, 0.2) is 0 Å². The van der Waals surface area contributed by atoms with Gasteiger partial charge in [0, 0.05) is 13.0 Å². The smallest absolute Gasteiger partial charge is 0.409 e. The topological polar surface area (TPSA) is 47.6 Å². The third-order valence-corrected chi connectivity index (χ3v) is 1.22. The van der Waals surface area contributed by atoms with Gasteiger partial charge in [-0.15, -0.1) is 0 Å². The van der Waals surface area contributed by atoms with E-state index in [1.807, 2.05) is 6.92 Å². The molecule has 0 spiro atoms. The van der Waals surface area contributed by atoms with E-state index in [0.29, 0.717) is 13.2 Å². The number of amides is 1. The quantitative estimate of drug-likeness (QED) is 0.614. The highest BCUT2D eigenvalue weighted by atomic mass is 16.7. The largest absolute Gasteiger partial charge is 0.420 e. The lowest BCUT2D eigenvalue weighted by molar-refractivity contribution is -0.182. The molecule has 1 N–H and O–H groups in total. The van der Waals surface area contributed by atoms with Crippen molar-refractivity contribution >= 4 is 6.09 Å². The van der Waals surface area contributed by atoms with Crippen LogP contribution in [-0.2, 0) is 9.47 Å². The fourth-order valence-corrected chi connectivity index (χ4v) is 0.612. The first-order valence-corrected chi connectivity index (χ1v) is 3.39. The molecule has 0 radical (unpaired) electrons. The summed E-state index contributed by atoms with van der Waals surface area (Å²) in [5.41, 5.74) is 0. The zero-order valence-electron chi connectivity index (χ0n) is 5.92. The number of alkyl carbamates (subject to hydrolysis) is 1. The lowest BCUT2D eigenvalue weighted by atomic mass is 10.3. The highest BCUT2D eigenvalue weighted by Crippen LogP contribution is 2.11. The molecule has 1 amide bonds. The highest BCUT2D eigenvalue weighted by molar-refractivity contribution is 5.67. The molecule has 0 bridgehead atoms. The van der Waals surface area contributed by atoms with Crippen molar-refractivity contribution in [2.75, 3.05) is 13.2 Å². The third kappa shape index (κ3) is 1.88. The van der Waals surface area contributed by atoms with E-state index < -0.39 is 6.09 Å². The van der Waals surface area contributed by atoms with Crippen LogP contribution in [0.25, 0.3) is 0 Å². The van der Waals surface area contributed by atoms with E-state index in [1.165, 1.54) is 0 Å². The Morgan fingerprint density at radius 1 is 1.90 bits per heavy atom. The zero-order chi connectivity index (χ0) is 7.40. The molecule has 4 heteroatoms. The van der Waals surface area contributed by atoms with Crippen molar-refractivity contribution in [3.05, 3.63) is 0 Å². The fourth-order valence-electron chi connectivity index (χ4n) is 0.612. The fraction of sp³-hybridized carbons (Fsp3) is 0.833. The van der Waals surface area contributed by atoms with Gasteiger partial charge in [0.05, 0.1) is 6.61 Å². The van der Waals surface area contributed by atoms with Gasteiger partial charge in [0.2, 0.25) is 6.29 Å². The molecule has 1 atom stereocenters. The SMILES string of the molecule is CCNC(=O)OC1CCO1. The van der Waals surface area contributed by atoms with Gasteiger partial charge >= 0.3 is 6.09 Å². The molecule has 0 saturated carbocycles. The lowest BCUT2D eigenvalue weighted by Crippen LogP contribution is -2.36. The van der Waals surface area contributed by atoms with Crippen LogP contribution in [0.1, 0.15) is 13.3 Å². The van der Waals surface area contributed by atoms with Gasteiger partial charge in [-0.25, -0.2) is 4.79 Å². The lowest BCUT2D eigenvalue weighted by Gasteiger charge is -2.25. The Bertz CT molecular complexity index is 122. The van der Waals surface area contributed by atoms with Gasteiger partial charge in [0.25, 0.3) is 0 Å². The maximum Gasteiger partial charge on any atom is 0.409 e. The second kappa shape index (κ2) is 3.41. The summed E-state index contributed by atoms with van der Waals surface area (Å²) in [6.07, 6.45) is 0.121. The molecule has 0 aromatic carbocycles. The Hall–Kier alpha value is -0.770. The standard InChI is InChI=1S/C6H11NO3/c1-2-7-6(8)10-5-3-4-9-5/h5H,2-4H2,1H3,(H,7,8). The van der Waals surface area contributed by atoms with E-state index in [0.717, 1.165) is 6.42 Å². The first-order chi connectivity index (χ1) is 4.83. The van der Waals surface area contributed by atoms with Crippen LogP contribution in [-0.4, -0.2) is 25.5 Å². The molecular weight excluding hydrogens is 134 g/mol. The second-order valence-electron chi connectivity index (χ2n) is 2.02. The maximum absolute atomic E-state index is 10.6. The first kappa shape index (κ1) is 7.34. The van der Waals surface area contributed by atoms with E-state index in [2.05, 4.69) is 5.32 Å². The van der Waals surface area contributed by atoms with Crippen LogP contribution >= 0.6 is 0 Å². The molecule has 1 aliphatic heterocycles. The molecule has 1 saturated heterocycles. The number of carbonyl (C=O) groups excluding carboxylic acids is 1. The molecule has 4 nitrogen and oxygen atoms in total. The summed E-state index contributed by atoms with van der Waals surface area (Å²) in [5, 5.41) is 2.50. The van der Waals surface area contributed by atoms with Crippen molar-refractivity contribution in [1.82, 2.24) is 5.32 Å². The van der Waals surface area contributed by atoms with Crippen molar-refractivity contribution in [2.24, 2.45) is 0 Å². The Labute approximate surface area is 59.5 Å². The van der Waals surface area contributed by atoms with Gasteiger partial charge < -0.3 is 14.8 Å². The molecule has 0 aliphatic carbocycles. The normalized spacial score (nSPS) is 23.1. The molecule has 1 heterocycles. The van der Waals surface area contributed by atoms with Crippen LogP contribution < -0.4 is 5.32 Å². The summed E-state index contributed by atoms with van der Waals surface area (Å²) < 4.78 is 9.62. The Morgan fingerprint density at radius 3 is 3.00 bits per heavy atom. The minimum absolute atomic E-state index is 0.299. The van der Waals surface area contributed by atoms with Crippen LogP contribution in [0, 0.1) is 0 Å². The highest BCUT2D eigenvalue weighted by Gasteiger charge is 2.21. The molecule has 0 aromatic rings. The van der Waals surface area contributed by atoms with Crippen molar-refractivity contribution in [1.29, 1.82) is 0 Å². The Balaban J connectivity index is 2.05. The molecule has 58 valence electrons. The molecule has 1 aliphatic rings. The van der Waals surface area contributed by atoms with E-state index in [1.54, 1.807) is 0 Å². The average molecular weight is 145 g/mol. The number of hydrogen-bond donors (Lipinski definition) is 1. The molecule has 1 unspecified atom stereocenters. The number of nitrogens with one attached hydrogen (secondary N) is 1. The summed E-state index contributed by atoms with van der Waals surface area (Å²) in [6, 6.07) is 0. The van der Waals surface area contributed by atoms with Crippen molar-refractivity contribution in [3.8, 4) is 0 Å². The zero-order valence-corrected chi connectivity index (χ0v) is 5.92. The van der Waals surface area contributed by atoms with Crippen LogP contribution in [0.4, 0.5) is 4.79 Å². The molecule has 1 fully saturated rings. The van der Waals surface area contributed by atoms with Crippen molar-refractivity contribution in [3.63, 3.8) is 0 Å². The third-order valence-electron chi connectivity index (χ3n) is 1.22. The van der Waals surface area contributed by atoms with Gasteiger partial charge in [-0.2, -0.15) is 0 Å². The minimum atomic E-state index is -0.396. The Kier molecular flexibility index (Phi) is 2.50. The number of ether oxygens (including phenoxy) is 2. The predicted octanol–water partition coefficient (Wildman–Crippen LogP) is 0.479. The van der Waals surface area contributed by atoms with Gasteiger partial charge in [-0.3, -0.25) is 0 Å². The summed E-state index contributed by atoms with van der Waals surface area (Å²) in [4.78, 5) is 10.6. The number of rotatable bonds is 2. The summed E-state index contributed by atoms with van der Waals surface area (Å²) in [6.45, 7) is 3.12. The molecule has 0 aromatic heterocycles. The molecule has 10 heavy (non-hydrogen) atoms. The van der Waals surface area contributed by atoms with Crippen LogP contribution in [0.2, 0.25) is 0 Å². The molecule has 1 rings (SSSR count). The minimum Gasteiger partial charge on any atom is -0.420 e. The van der Waals surface area contributed by atoms with Crippen molar-refractivity contribution in [2.45, 2.75) is 19.6 Å². The average Bonchev–Trinajstić information content (AvgIpc) is 1.80. The van der Waals surface area contributed by atoms with E-state index in [4.69, 9.17) is 9.47 Å². The monoisotopic (exact) mass is 145 g/mol. The molecular formula is C6H11NO3. The van der Waals surface area contributed by atoms with E-state index in [9.17, 15) is 4.79 Å². The summed E-state index contributed by atoms with van der Waals surface area (Å²) in [5.74, 6) is 0. The van der Waals surface area contributed by atoms with E-state index >= 15 is 0 Å². The Morgan fingerprint density at radius 2 is 2.60 bits per heavy atom. The second-order valence-corrected chi connectivity index (χ2v) is 2.02. The van der Waals surface area contributed by atoms with Gasteiger partial charge in [-0.05, 0) is 6.92 Å².